The zero-order chi connectivity index (χ0) is 12.8. The Hall–Kier alpha value is -1.75. The van der Waals surface area contributed by atoms with E-state index in [4.69, 9.17) is 0 Å². The molecule has 1 aromatic carbocycles. The van der Waals surface area contributed by atoms with Crippen LogP contribution in [0.15, 0.2) is 35.8 Å². The Balaban J connectivity index is 2.12. The summed E-state index contributed by atoms with van der Waals surface area (Å²) in [7, 11) is 0. The Morgan fingerprint density at radius 3 is 2.78 bits per heavy atom. The third kappa shape index (κ3) is 3.13. The van der Waals surface area contributed by atoms with Gasteiger partial charge in [-0.1, -0.05) is 55.0 Å². The minimum absolute atomic E-state index is 0.0141. The van der Waals surface area contributed by atoms with E-state index in [1.807, 2.05) is 30.3 Å². The predicted molar refractivity (Wildman–Crippen MR) is 72.6 cm³/mol. The highest BCUT2D eigenvalue weighted by Crippen LogP contribution is 2.23. The summed E-state index contributed by atoms with van der Waals surface area (Å²) in [4.78, 5) is 12.2. The van der Waals surface area contributed by atoms with Crippen LogP contribution in [0.25, 0.3) is 0 Å². The van der Waals surface area contributed by atoms with Crippen molar-refractivity contribution in [2.75, 3.05) is 5.32 Å². The Labute approximate surface area is 110 Å². The van der Waals surface area contributed by atoms with Gasteiger partial charge >= 0.3 is 0 Å². The fourth-order valence-electron chi connectivity index (χ4n) is 1.84. The normalized spacial score (nSPS) is 12.1. The second-order valence-corrected chi connectivity index (χ2v) is 4.82. The van der Waals surface area contributed by atoms with Crippen molar-refractivity contribution in [3.05, 3.63) is 41.4 Å². The molecule has 18 heavy (non-hydrogen) atoms. The van der Waals surface area contributed by atoms with E-state index in [2.05, 4.69) is 22.4 Å². The molecule has 0 radical (unpaired) electrons. The van der Waals surface area contributed by atoms with E-state index in [0.29, 0.717) is 5.13 Å². The summed E-state index contributed by atoms with van der Waals surface area (Å²) in [5.41, 5.74) is 2.65. The van der Waals surface area contributed by atoms with Crippen LogP contribution in [0.1, 0.15) is 31.2 Å². The monoisotopic (exact) mass is 261 g/mol. The summed E-state index contributed by atoms with van der Waals surface area (Å²) in [6.45, 7) is 2.08. The van der Waals surface area contributed by atoms with Gasteiger partial charge in [0.1, 0.15) is 5.51 Å². The van der Waals surface area contributed by atoms with E-state index >= 15 is 0 Å². The number of hydrogen-bond acceptors (Lipinski definition) is 4. The van der Waals surface area contributed by atoms with Gasteiger partial charge in [0.15, 0.2) is 0 Å². The van der Waals surface area contributed by atoms with Gasteiger partial charge in [0.25, 0.3) is 0 Å². The first-order chi connectivity index (χ1) is 8.81. The van der Waals surface area contributed by atoms with E-state index in [-0.39, 0.29) is 11.8 Å². The van der Waals surface area contributed by atoms with Crippen LogP contribution in [0, 0.1) is 0 Å². The first-order valence-electron chi connectivity index (χ1n) is 5.93. The van der Waals surface area contributed by atoms with Crippen LogP contribution in [0.3, 0.4) is 0 Å². The second-order valence-electron chi connectivity index (χ2n) is 3.99. The van der Waals surface area contributed by atoms with E-state index in [9.17, 15) is 4.79 Å². The quantitative estimate of drug-likeness (QED) is 0.900. The van der Waals surface area contributed by atoms with Gasteiger partial charge in [0.2, 0.25) is 11.0 Å². The third-order valence-corrected chi connectivity index (χ3v) is 3.29. The zero-order valence-electron chi connectivity index (χ0n) is 10.2. The van der Waals surface area contributed by atoms with Gasteiger partial charge in [-0.25, -0.2) is 0 Å². The maximum atomic E-state index is 12.2. The van der Waals surface area contributed by atoms with Crippen LogP contribution in [0.5, 0.6) is 0 Å². The molecule has 5 heteroatoms. The Bertz CT molecular complexity index is 484. The maximum absolute atomic E-state index is 12.2. The number of carbonyl (C=O) groups is 1. The van der Waals surface area contributed by atoms with E-state index in [1.165, 1.54) is 11.3 Å². The standard InChI is InChI=1S/C13H15N3OS/c1-2-6-11(10-7-4-3-5-8-10)12(17)15-13-16-14-9-18-13/h3-5,7-9,11H,2,6H2,1H3,(H,15,16,17). The van der Waals surface area contributed by atoms with Crippen molar-refractivity contribution in [3.8, 4) is 0 Å². The highest BCUT2D eigenvalue weighted by Gasteiger charge is 2.20. The first kappa shape index (κ1) is 12.7. The van der Waals surface area contributed by atoms with Crippen LogP contribution in [0.4, 0.5) is 5.13 Å². The van der Waals surface area contributed by atoms with Crippen LogP contribution >= 0.6 is 11.3 Å². The molecule has 0 aliphatic carbocycles. The van der Waals surface area contributed by atoms with Crippen molar-refractivity contribution in [2.45, 2.75) is 25.7 Å². The van der Waals surface area contributed by atoms with Crippen molar-refractivity contribution < 1.29 is 4.79 Å². The van der Waals surface area contributed by atoms with Crippen LogP contribution in [-0.2, 0) is 4.79 Å². The molecule has 1 aromatic heterocycles. The fraction of sp³-hybridized carbons (Fsp3) is 0.308. The number of benzene rings is 1. The molecule has 0 bridgehead atoms. The lowest BCUT2D eigenvalue weighted by Gasteiger charge is -2.15. The van der Waals surface area contributed by atoms with Gasteiger partial charge in [-0.15, -0.1) is 10.2 Å². The van der Waals surface area contributed by atoms with Gasteiger partial charge in [-0.05, 0) is 12.0 Å². The lowest BCUT2D eigenvalue weighted by molar-refractivity contribution is -0.117. The lowest BCUT2D eigenvalue weighted by Crippen LogP contribution is -2.21. The minimum atomic E-state index is -0.125. The Kier molecular flexibility index (Phi) is 4.41. The molecule has 2 rings (SSSR count). The van der Waals surface area contributed by atoms with Crippen LogP contribution in [-0.4, -0.2) is 16.1 Å². The van der Waals surface area contributed by atoms with Crippen molar-refractivity contribution >= 4 is 22.4 Å². The van der Waals surface area contributed by atoms with E-state index in [0.717, 1.165) is 18.4 Å². The average Bonchev–Trinajstić information content (AvgIpc) is 2.89. The van der Waals surface area contributed by atoms with Crippen LogP contribution < -0.4 is 5.32 Å². The van der Waals surface area contributed by atoms with Gasteiger partial charge in [-0.3, -0.25) is 10.1 Å². The summed E-state index contributed by atoms with van der Waals surface area (Å²) in [6.07, 6.45) is 1.79. The summed E-state index contributed by atoms with van der Waals surface area (Å²) in [5, 5.41) is 10.9. The Morgan fingerprint density at radius 2 is 2.17 bits per heavy atom. The van der Waals surface area contributed by atoms with Crippen molar-refractivity contribution in [1.82, 2.24) is 10.2 Å². The molecule has 1 unspecified atom stereocenters. The summed E-state index contributed by atoms with van der Waals surface area (Å²) < 4.78 is 0. The van der Waals surface area contributed by atoms with Gasteiger partial charge in [0.05, 0.1) is 5.92 Å². The van der Waals surface area contributed by atoms with Crippen molar-refractivity contribution in [2.24, 2.45) is 0 Å². The summed E-state index contributed by atoms with van der Waals surface area (Å²) in [5.74, 6) is -0.139. The summed E-state index contributed by atoms with van der Waals surface area (Å²) >= 11 is 1.33. The first-order valence-corrected chi connectivity index (χ1v) is 6.81. The molecule has 1 N–H and O–H groups in total. The largest absolute Gasteiger partial charge is 0.300 e. The molecule has 2 aromatic rings. The average molecular weight is 261 g/mol. The molecule has 0 saturated heterocycles. The van der Waals surface area contributed by atoms with Gasteiger partial charge in [-0.2, -0.15) is 0 Å². The second kappa shape index (κ2) is 6.26. The molecule has 0 aliphatic heterocycles. The number of amides is 1. The summed E-state index contributed by atoms with van der Waals surface area (Å²) in [6, 6.07) is 9.83. The molecule has 94 valence electrons. The number of carbonyl (C=O) groups excluding carboxylic acids is 1. The number of nitrogens with one attached hydrogen (secondary N) is 1. The number of hydrogen-bond donors (Lipinski definition) is 1. The number of aromatic nitrogens is 2. The predicted octanol–water partition coefficient (Wildman–Crippen LogP) is 3.06. The molecule has 0 aliphatic rings. The highest BCUT2D eigenvalue weighted by molar-refractivity contribution is 7.13. The molecule has 1 heterocycles. The molecule has 1 amide bonds. The van der Waals surface area contributed by atoms with Crippen LogP contribution in [0.2, 0.25) is 0 Å². The highest BCUT2D eigenvalue weighted by atomic mass is 32.1. The minimum Gasteiger partial charge on any atom is -0.300 e. The molecule has 0 saturated carbocycles. The maximum Gasteiger partial charge on any atom is 0.233 e. The molecule has 1 atom stereocenters. The molecule has 0 fully saturated rings. The topological polar surface area (TPSA) is 54.9 Å². The lowest BCUT2D eigenvalue weighted by atomic mass is 9.94. The fourth-order valence-corrected chi connectivity index (χ4v) is 2.29. The number of anilines is 1. The molecule has 4 nitrogen and oxygen atoms in total. The Morgan fingerprint density at radius 1 is 1.39 bits per heavy atom. The number of rotatable bonds is 5. The van der Waals surface area contributed by atoms with Gasteiger partial charge in [0, 0.05) is 0 Å². The molecular formula is C13H15N3OS. The smallest absolute Gasteiger partial charge is 0.233 e. The van der Waals surface area contributed by atoms with Crippen molar-refractivity contribution in [3.63, 3.8) is 0 Å². The third-order valence-electron chi connectivity index (χ3n) is 2.69. The van der Waals surface area contributed by atoms with E-state index < -0.39 is 0 Å². The zero-order valence-corrected chi connectivity index (χ0v) is 11.0. The molecular weight excluding hydrogens is 246 g/mol. The van der Waals surface area contributed by atoms with E-state index in [1.54, 1.807) is 5.51 Å². The van der Waals surface area contributed by atoms with Crippen molar-refractivity contribution in [1.29, 1.82) is 0 Å². The number of nitrogens with zero attached hydrogens (tertiary/aromatic N) is 2. The molecule has 0 spiro atoms. The van der Waals surface area contributed by atoms with Gasteiger partial charge < -0.3 is 0 Å². The SMILES string of the molecule is CCCC(C(=O)Nc1nncs1)c1ccccc1.